The van der Waals surface area contributed by atoms with Crippen molar-refractivity contribution in [2.24, 2.45) is 0 Å². The predicted molar refractivity (Wildman–Crippen MR) is 45.7 cm³/mol. The maximum Gasteiger partial charge on any atom is 0.122 e. The van der Waals surface area contributed by atoms with Crippen LogP contribution >= 0.6 is 0 Å². The number of halogens is 1. The Bertz CT molecular complexity index is 270. The lowest BCUT2D eigenvalue weighted by Gasteiger charge is -2.16. The molecule has 1 fully saturated rings. The summed E-state index contributed by atoms with van der Waals surface area (Å²) in [6.45, 7) is 3.65. The zero-order valence-corrected chi connectivity index (χ0v) is 7.65. The fraction of sp³-hybridized carbons (Fsp3) is 0.750. The number of nitrogens with zero attached hydrogens (tertiary/aromatic N) is 4. The number of hydrogen-bond donors (Lipinski definition) is 0. The van der Waals surface area contributed by atoms with Crippen LogP contribution in [-0.4, -0.2) is 38.4 Å². The summed E-state index contributed by atoms with van der Waals surface area (Å²) in [6.07, 6.45) is 3.91. The summed E-state index contributed by atoms with van der Waals surface area (Å²) in [6, 6.07) is 0. The molecule has 0 spiro atoms. The van der Waals surface area contributed by atoms with Crippen molar-refractivity contribution in [2.75, 3.05) is 13.1 Å². The first kappa shape index (κ1) is 8.62. The van der Waals surface area contributed by atoms with Gasteiger partial charge in [-0.15, -0.1) is 10.2 Å². The summed E-state index contributed by atoms with van der Waals surface area (Å²) in [7, 11) is 0. The third kappa shape index (κ3) is 2.03. The van der Waals surface area contributed by atoms with Crippen molar-refractivity contribution >= 4 is 0 Å². The first-order chi connectivity index (χ1) is 6.16. The first-order valence-corrected chi connectivity index (χ1v) is 4.39. The van der Waals surface area contributed by atoms with E-state index < -0.39 is 5.67 Å². The number of alkyl halides is 1. The summed E-state index contributed by atoms with van der Waals surface area (Å²) in [5, 5.41) is 7.39. The van der Waals surface area contributed by atoms with E-state index in [1.807, 2.05) is 4.57 Å². The predicted octanol–water partition coefficient (Wildman–Crippen LogP) is 0.669. The average molecular weight is 184 g/mol. The van der Waals surface area contributed by atoms with Gasteiger partial charge in [-0.3, -0.25) is 4.90 Å². The van der Waals surface area contributed by atoms with Gasteiger partial charge < -0.3 is 4.57 Å². The Hall–Kier alpha value is -0.970. The highest BCUT2D eigenvalue weighted by molar-refractivity contribution is 4.85. The van der Waals surface area contributed by atoms with Gasteiger partial charge in [0, 0.05) is 13.1 Å². The van der Waals surface area contributed by atoms with Crippen LogP contribution in [0.2, 0.25) is 0 Å². The number of likely N-dealkylation sites (tertiary alicyclic amines) is 1. The third-order valence-electron chi connectivity index (χ3n) is 2.33. The smallest absolute Gasteiger partial charge is 0.122 e. The van der Waals surface area contributed by atoms with Gasteiger partial charge in [-0.05, 0) is 13.3 Å². The van der Waals surface area contributed by atoms with E-state index in [4.69, 9.17) is 0 Å². The van der Waals surface area contributed by atoms with Crippen molar-refractivity contribution in [3.63, 3.8) is 0 Å². The first-order valence-electron chi connectivity index (χ1n) is 4.39. The molecular weight excluding hydrogens is 171 g/mol. The van der Waals surface area contributed by atoms with E-state index in [0.717, 1.165) is 6.54 Å². The van der Waals surface area contributed by atoms with E-state index in [2.05, 4.69) is 15.1 Å². The maximum absolute atomic E-state index is 13.4. The molecule has 1 aliphatic heterocycles. The topological polar surface area (TPSA) is 34.0 Å². The summed E-state index contributed by atoms with van der Waals surface area (Å²) in [5.41, 5.74) is -1.02. The van der Waals surface area contributed by atoms with Crippen LogP contribution in [0.25, 0.3) is 0 Å². The summed E-state index contributed by atoms with van der Waals surface area (Å²) < 4.78 is 15.3. The van der Waals surface area contributed by atoms with Crippen LogP contribution in [0.4, 0.5) is 4.39 Å². The van der Waals surface area contributed by atoms with Crippen molar-refractivity contribution in [3.8, 4) is 0 Å². The third-order valence-corrected chi connectivity index (χ3v) is 2.33. The molecule has 1 aromatic rings. The molecule has 0 aliphatic carbocycles. The lowest BCUT2D eigenvalue weighted by Crippen LogP contribution is -2.27. The Morgan fingerprint density at radius 3 is 2.69 bits per heavy atom. The van der Waals surface area contributed by atoms with Gasteiger partial charge in [0.25, 0.3) is 0 Å². The molecule has 1 aromatic heterocycles. The lowest BCUT2D eigenvalue weighted by atomic mass is 10.1. The van der Waals surface area contributed by atoms with E-state index in [1.165, 1.54) is 0 Å². The molecule has 1 atom stereocenters. The minimum atomic E-state index is -1.02. The Balaban J connectivity index is 1.91. The van der Waals surface area contributed by atoms with Crippen LogP contribution in [0.1, 0.15) is 13.3 Å². The van der Waals surface area contributed by atoms with Gasteiger partial charge in [-0.1, -0.05) is 0 Å². The highest BCUT2D eigenvalue weighted by Gasteiger charge is 2.33. The van der Waals surface area contributed by atoms with Gasteiger partial charge in [0.05, 0.1) is 6.67 Å². The van der Waals surface area contributed by atoms with E-state index in [-0.39, 0.29) is 0 Å². The lowest BCUT2D eigenvalue weighted by molar-refractivity contribution is 0.173. The van der Waals surface area contributed by atoms with Crippen LogP contribution in [0, 0.1) is 0 Å². The highest BCUT2D eigenvalue weighted by atomic mass is 19.1. The molecule has 1 aliphatic rings. The second-order valence-electron chi connectivity index (χ2n) is 3.83. The molecule has 0 saturated carbocycles. The van der Waals surface area contributed by atoms with E-state index in [0.29, 0.717) is 19.6 Å². The van der Waals surface area contributed by atoms with Gasteiger partial charge in [-0.25, -0.2) is 4.39 Å². The Labute approximate surface area is 76.4 Å². The zero-order valence-electron chi connectivity index (χ0n) is 7.65. The van der Waals surface area contributed by atoms with Gasteiger partial charge in [0.15, 0.2) is 0 Å². The van der Waals surface area contributed by atoms with E-state index in [9.17, 15) is 4.39 Å². The molecule has 13 heavy (non-hydrogen) atoms. The summed E-state index contributed by atoms with van der Waals surface area (Å²) in [5.74, 6) is 0. The number of aromatic nitrogens is 3. The molecule has 0 N–H and O–H groups in total. The fourth-order valence-corrected chi connectivity index (χ4v) is 1.66. The molecule has 0 amide bonds. The summed E-state index contributed by atoms with van der Waals surface area (Å²) in [4.78, 5) is 2.06. The molecule has 5 heteroatoms. The second-order valence-corrected chi connectivity index (χ2v) is 3.83. The van der Waals surface area contributed by atoms with Crippen molar-refractivity contribution in [3.05, 3.63) is 12.7 Å². The monoisotopic (exact) mass is 184 g/mol. The largest absolute Gasteiger partial charge is 0.306 e. The molecule has 0 bridgehead atoms. The SMILES string of the molecule is CC1(F)CCN(Cn2cnnc2)C1. The second kappa shape index (κ2) is 3.06. The maximum atomic E-state index is 13.4. The summed E-state index contributed by atoms with van der Waals surface area (Å²) >= 11 is 0. The Kier molecular flexibility index (Phi) is 2.03. The normalized spacial score (nSPS) is 29.7. The molecular formula is C8H13FN4. The van der Waals surface area contributed by atoms with Crippen molar-refractivity contribution in [1.29, 1.82) is 0 Å². The minimum Gasteiger partial charge on any atom is -0.306 e. The molecule has 0 aromatic carbocycles. The van der Waals surface area contributed by atoms with Crippen molar-refractivity contribution in [1.82, 2.24) is 19.7 Å². The average Bonchev–Trinajstić information content (AvgIpc) is 2.61. The molecule has 4 nitrogen and oxygen atoms in total. The molecule has 1 unspecified atom stereocenters. The molecule has 0 radical (unpaired) electrons. The number of hydrogen-bond acceptors (Lipinski definition) is 3. The fourth-order valence-electron chi connectivity index (χ4n) is 1.66. The van der Waals surface area contributed by atoms with E-state index >= 15 is 0 Å². The van der Waals surface area contributed by atoms with Crippen molar-refractivity contribution < 1.29 is 4.39 Å². The molecule has 72 valence electrons. The Morgan fingerprint density at radius 2 is 2.15 bits per heavy atom. The van der Waals surface area contributed by atoms with Crippen LogP contribution in [-0.2, 0) is 6.67 Å². The number of rotatable bonds is 2. The van der Waals surface area contributed by atoms with E-state index in [1.54, 1.807) is 19.6 Å². The van der Waals surface area contributed by atoms with Crippen LogP contribution in [0.5, 0.6) is 0 Å². The van der Waals surface area contributed by atoms with Crippen LogP contribution in [0.15, 0.2) is 12.7 Å². The van der Waals surface area contributed by atoms with Crippen LogP contribution in [0.3, 0.4) is 0 Å². The van der Waals surface area contributed by atoms with Gasteiger partial charge >= 0.3 is 0 Å². The van der Waals surface area contributed by atoms with Crippen LogP contribution < -0.4 is 0 Å². The molecule has 2 heterocycles. The molecule has 2 rings (SSSR count). The zero-order chi connectivity index (χ0) is 9.31. The van der Waals surface area contributed by atoms with Crippen molar-refractivity contribution in [2.45, 2.75) is 25.7 Å². The highest BCUT2D eigenvalue weighted by Crippen LogP contribution is 2.24. The minimum absolute atomic E-state index is 0.505. The van der Waals surface area contributed by atoms with Gasteiger partial charge in [-0.2, -0.15) is 0 Å². The van der Waals surface area contributed by atoms with Gasteiger partial charge in [0.2, 0.25) is 0 Å². The quantitative estimate of drug-likeness (QED) is 0.677. The molecule has 1 saturated heterocycles. The standard InChI is InChI=1S/C8H13FN4/c1-8(9)2-3-12(4-8)7-13-5-10-11-6-13/h5-6H,2-4,7H2,1H3. The Morgan fingerprint density at radius 1 is 1.46 bits per heavy atom. The van der Waals surface area contributed by atoms with Gasteiger partial charge in [0.1, 0.15) is 18.3 Å².